The molecule has 2 heteroatoms. The third-order valence-electron chi connectivity index (χ3n) is 1.87. The molecule has 0 heterocycles. The van der Waals surface area contributed by atoms with Crippen molar-refractivity contribution in [3.63, 3.8) is 0 Å². The van der Waals surface area contributed by atoms with E-state index in [4.69, 9.17) is 4.74 Å². The number of rotatable bonds is 6. The summed E-state index contributed by atoms with van der Waals surface area (Å²) in [6, 6.07) is 7.92. The molecule has 76 valence electrons. The molecule has 0 saturated carbocycles. The summed E-state index contributed by atoms with van der Waals surface area (Å²) in [4.78, 5) is 0. The van der Waals surface area contributed by atoms with E-state index in [1.54, 1.807) is 0 Å². The number of halogens is 1. The molecule has 0 amide bonds. The zero-order chi connectivity index (χ0) is 10.2. The molecule has 0 aliphatic carbocycles. The van der Waals surface area contributed by atoms with Crippen LogP contribution in [0.3, 0.4) is 0 Å². The van der Waals surface area contributed by atoms with Crippen LogP contribution in [0.5, 0.6) is 5.75 Å². The van der Waals surface area contributed by atoms with Gasteiger partial charge in [-0.1, -0.05) is 28.1 Å². The predicted octanol–water partition coefficient (Wildman–Crippen LogP) is 4.18. The summed E-state index contributed by atoms with van der Waals surface area (Å²) in [5.74, 6) is 0.929. The van der Waals surface area contributed by atoms with Crippen LogP contribution in [0.4, 0.5) is 0 Å². The number of benzene rings is 1. The summed E-state index contributed by atoms with van der Waals surface area (Å²) < 4.78 is 6.63. The monoisotopic (exact) mass is 254 g/mol. The van der Waals surface area contributed by atoms with Crippen molar-refractivity contribution in [2.24, 2.45) is 0 Å². The van der Waals surface area contributed by atoms with Crippen molar-refractivity contribution in [1.82, 2.24) is 0 Å². The molecule has 0 fully saturated rings. The number of hydrogen-bond acceptors (Lipinski definition) is 1. The molecule has 0 radical (unpaired) electrons. The number of allylic oxidation sites excluding steroid dienone is 1. The molecule has 0 N–H and O–H groups in total. The van der Waals surface area contributed by atoms with Crippen LogP contribution in [0.15, 0.2) is 41.4 Å². The lowest BCUT2D eigenvalue weighted by Gasteiger charge is -2.05. The van der Waals surface area contributed by atoms with Crippen LogP contribution < -0.4 is 4.74 Å². The van der Waals surface area contributed by atoms with Crippen molar-refractivity contribution in [2.75, 3.05) is 6.61 Å². The minimum absolute atomic E-state index is 0.782. The normalized spacial score (nSPS) is 9.79. The van der Waals surface area contributed by atoms with Gasteiger partial charge in [0.05, 0.1) is 6.61 Å². The van der Waals surface area contributed by atoms with Gasteiger partial charge in [-0.05, 0) is 37.5 Å². The molecule has 1 aromatic rings. The van der Waals surface area contributed by atoms with Crippen molar-refractivity contribution in [3.8, 4) is 5.75 Å². The third kappa shape index (κ3) is 4.47. The van der Waals surface area contributed by atoms with Gasteiger partial charge in [-0.3, -0.25) is 0 Å². The van der Waals surface area contributed by atoms with Crippen molar-refractivity contribution >= 4 is 15.9 Å². The van der Waals surface area contributed by atoms with Crippen LogP contribution in [0.1, 0.15) is 19.3 Å². The van der Waals surface area contributed by atoms with Crippen LogP contribution >= 0.6 is 15.9 Å². The first kappa shape index (κ1) is 11.3. The minimum atomic E-state index is 0.782. The highest BCUT2D eigenvalue weighted by atomic mass is 79.9. The van der Waals surface area contributed by atoms with Crippen LogP contribution in [0, 0.1) is 0 Å². The van der Waals surface area contributed by atoms with Crippen molar-refractivity contribution in [1.29, 1.82) is 0 Å². The van der Waals surface area contributed by atoms with Gasteiger partial charge in [0.25, 0.3) is 0 Å². The van der Waals surface area contributed by atoms with Crippen LogP contribution in [-0.4, -0.2) is 6.61 Å². The fourth-order valence-electron chi connectivity index (χ4n) is 1.14. The van der Waals surface area contributed by atoms with Gasteiger partial charge < -0.3 is 4.74 Å². The van der Waals surface area contributed by atoms with E-state index in [0.29, 0.717) is 0 Å². The molecule has 0 spiro atoms. The first-order valence-electron chi connectivity index (χ1n) is 4.82. The van der Waals surface area contributed by atoms with E-state index >= 15 is 0 Å². The third-order valence-corrected chi connectivity index (χ3v) is 2.36. The molecule has 1 nitrogen and oxygen atoms in total. The summed E-state index contributed by atoms with van der Waals surface area (Å²) in [7, 11) is 0. The molecule has 0 atom stereocenters. The zero-order valence-corrected chi connectivity index (χ0v) is 9.79. The Morgan fingerprint density at radius 2 is 2.21 bits per heavy atom. The lowest BCUT2D eigenvalue weighted by molar-refractivity contribution is 0.307. The van der Waals surface area contributed by atoms with Crippen LogP contribution in [-0.2, 0) is 0 Å². The molecular weight excluding hydrogens is 240 g/mol. The maximum absolute atomic E-state index is 5.57. The quantitative estimate of drug-likeness (QED) is 0.547. The van der Waals surface area contributed by atoms with Gasteiger partial charge in [-0.2, -0.15) is 0 Å². The molecule has 1 rings (SSSR count). The van der Waals surface area contributed by atoms with Crippen LogP contribution in [0.2, 0.25) is 0 Å². The highest BCUT2D eigenvalue weighted by Gasteiger charge is 1.93. The summed E-state index contributed by atoms with van der Waals surface area (Å²) >= 11 is 3.40. The number of ether oxygens (including phenoxy) is 1. The number of unbranched alkanes of at least 4 members (excludes halogenated alkanes) is 2. The number of hydrogen-bond donors (Lipinski definition) is 0. The van der Waals surface area contributed by atoms with Crippen molar-refractivity contribution in [2.45, 2.75) is 19.3 Å². The SMILES string of the molecule is C=CCCCCOc1cccc(Br)c1. The Morgan fingerprint density at radius 1 is 1.36 bits per heavy atom. The van der Waals surface area contributed by atoms with E-state index in [9.17, 15) is 0 Å². The van der Waals surface area contributed by atoms with Gasteiger partial charge in [0.2, 0.25) is 0 Å². The summed E-state index contributed by atoms with van der Waals surface area (Å²) in [5, 5.41) is 0. The second-order valence-electron chi connectivity index (χ2n) is 3.09. The second kappa shape index (κ2) is 6.66. The molecule has 0 aliphatic heterocycles. The second-order valence-corrected chi connectivity index (χ2v) is 4.01. The van der Waals surface area contributed by atoms with E-state index in [2.05, 4.69) is 22.5 Å². The Labute approximate surface area is 93.9 Å². The average molecular weight is 255 g/mol. The van der Waals surface area contributed by atoms with Gasteiger partial charge in [0.1, 0.15) is 5.75 Å². The maximum Gasteiger partial charge on any atom is 0.120 e. The van der Waals surface area contributed by atoms with E-state index in [1.165, 1.54) is 0 Å². The average Bonchev–Trinajstić information content (AvgIpc) is 2.18. The molecule has 14 heavy (non-hydrogen) atoms. The standard InChI is InChI=1S/C12H15BrO/c1-2-3-4-5-9-14-12-8-6-7-11(13)10-12/h2,6-8,10H,1,3-5,9H2. The summed E-state index contributed by atoms with van der Waals surface area (Å²) in [5.41, 5.74) is 0. The Morgan fingerprint density at radius 3 is 2.93 bits per heavy atom. The van der Waals surface area contributed by atoms with Gasteiger partial charge in [-0.25, -0.2) is 0 Å². The summed E-state index contributed by atoms with van der Waals surface area (Å²) in [6.45, 7) is 4.46. The molecule has 0 aromatic heterocycles. The lowest BCUT2D eigenvalue weighted by atomic mass is 10.2. The fourth-order valence-corrected chi connectivity index (χ4v) is 1.52. The van der Waals surface area contributed by atoms with Crippen molar-refractivity contribution < 1.29 is 4.74 Å². The van der Waals surface area contributed by atoms with Gasteiger partial charge in [0.15, 0.2) is 0 Å². The fraction of sp³-hybridized carbons (Fsp3) is 0.333. The molecule has 0 bridgehead atoms. The topological polar surface area (TPSA) is 9.23 Å². The van der Waals surface area contributed by atoms with Gasteiger partial charge in [-0.15, -0.1) is 6.58 Å². The molecule has 1 aromatic carbocycles. The predicted molar refractivity (Wildman–Crippen MR) is 63.7 cm³/mol. The Kier molecular flexibility index (Phi) is 5.38. The molecular formula is C12H15BrO. The first-order chi connectivity index (χ1) is 6.83. The molecule has 0 aliphatic rings. The van der Waals surface area contributed by atoms with Gasteiger partial charge in [0, 0.05) is 4.47 Å². The summed E-state index contributed by atoms with van der Waals surface area (Å²) in [6.07, 6.45) is 5.25. The first-order valence-corrected chi connectivity index (χ1v) is 5.61. The molecule has 0 saturated heterocycles. The zero-order valence-electron chi connectivity index (χ0n) is 8.21. The largest absolute Gasteiger partial charge is 0.494 e. The lowest BCUT2D eigenvalue weighted by Crippen LogP contribution is -1.96. The highest BCUT2D eigenvalue weighted by Crippen LogP contribution is 2.17. The van der Waals surface area contributed by atoms with Crippen molar-refractivity contribution in [3.05, 3.63) is 41.4 Å². The Bertz CT molecular complexity index is 283. The minimum Gasteiger partial charge on any atom is -0.494 e. The van der Waals surface area contributed by atoms with Gasteiger partial charge >= 0.3 is 0 Å². The smallest absolute Gasteiger partial charge is 0.120 e. The Hall–Kier alpha value is -0.760. The molecule has 0 unspecified atom stereocenters. The van der Waals surface area contributed by atoms with E-state index in [0.717, 1.165) is 36.1 Å². The van der Waals surface area contributed by atoms with E-state index in [1.807, 2.05) is 30.3 Å². The van der Waals surface area contributed by atoms with E-state index in [-0.39, 0.29) is 0 Å². The Balaban J connectivity index is 2.21. The van der Waals surface area contributed by atoms with E-state index < -0.39 is 0 Å². The van der Waals surface area contributed by atoms with Crippen LogP contribution in [0.25, 0.3) is 0 Å². The maximum atomic E-state index is 5.57. The highest BCUT2D eigenvalue weighted by molar-refractivity contribution is 9.10.